The number of hydrogen-bond acceptors (Lipinski definition) is 5. The molecular formula is C10H17ClN2O2S2. The maximum absolute atomic E-state index is 11.0. The van der Waals surface area contributed by atoms with E-state index in [0.717, 1.165) is 15.5 Å². The Morgan fingerprint density at radius 2 is 2.24 bits per heavy atom. The van der Waals surface area contributed by atoms with Gasteiger partial charge in [-0.1, -0.05) is 11.6 Å². The monoisotopic (exact) mass is 296 g/mol. The third kappa shape index (κ3) is 4.56. The molecule has 1 atom stereocenters. The average molecular weight is 297 g/mol. The summed E-state index contributed by atoms with van der Waals surface area (Å²) in [6.07, 6.45) is 2.46. The zero-order valence-corrected chi connectivity index (χ0v) is 12.3. The highest BCUT2D eigenvalue weighted by Crippen LogP contribution is 2.34. The van der Waals surface area contributed by atoms with Gasteiger partial charge in [-0.3, -0.25) is 11.3 Å². The van der Waals surface area contributed by atoms with E-state index in [1.54, 1.807) is 11.3 Å². The molecule has 98 valence electrons. The van der Waals surface area contributed by atoms with Gasteiger partial charge in [-0.15, -0.1) is 11.3 Å². The van der Waals surface area contributed by atoms with Gasteiger partial charge in [0, 0.05) is 16.9 Å². The fourth-order valence-electron chi connectivity index (χ4n) is 1.52. The smallest absolute Gasteiger partial charge is 0.147 e. The summed E-state index contributed by atoms with van der Waals surface area (Å²) in [5.74, 6) is 5.66. The van der Waals surface area contributed by atoms with Gasteiger partial charge in [-0.25, -0.2) is 8.42 Å². The number of hydrazine groups is 1. The van der Waals surface area contributed by atoms with Gasteiger partial charge in [0.05, 0.1) is 11.1 Å². The molecule has 4 nitrogen and oxygen atoms in total. The molecule has 1 heterocycles. The molecule has 0 spiro atoms. The molecule has 1 unspecified atom stereocenters. The topological polar surface area (TPSA) is 72.2 Å². The summed E-state index contributed by atoms with van der Waals surface area (Å²) in [5, 5.41) is 2.69. The van der Waals surface area contributed by atoms with Gasteiger partial charge in [0.25, 0.3) is 0 Å². The molecule has 3 N–H and O–H groups in total. The summed E-state index contributed by atoms with van der Waals surface area (Å²) in [6.45, 7) is 1.94. The highest BCUT2D eigenvalue weighted by Gasteiger charge is 2.17. The van der Waals surface area contributed by atoms with Crippen LogP contribution >= 0.6 is 22.9 Å². The number of halogens is 1. The Labute approximate surface area is 111 Å². The van der Waals surface area contributed by atoms with E-state index in [1.807, 2.05) is 12.3 Å². The summed E-state index contributed by atoms with van der Waals surface area (Å²) in [6, 6.07) is -0.0806. The molecule has 0 bridgehead atoms. The fraction of sp³-hybridized carbons (Fsp3) is 0.600. The van der Waals surface area contributed by atoms with Crippen molar-refractivity contribution >= 4 is 32.8 Å². The van der Waals surface area contributed by atoms with Crippen LogP contribution in [0, 0.1) is 6.92 Å². The largest absolute Gasteiger partial charge is 0.271 e. The SMILES string of the molecule is Cc1csc(C(CCCS(C)(=O)=O)NN)c1Cl. The molecule has 1 rings (SSSR count). The van der Waals surface area contributed by atoms with Crippen molar-refractivity contribution in [1.82, 2.24) is 5.43 Å². The van der Waals surface area contributed by atoms with Gasteiger partial charge in [0.2, 0.25) is 0 Å². The Hall–Kier alpha value is -0.140. The zero-order valence-electron chi connectivity index (χ0n) is 9.86. The van der Waals surface area contributed by atoms with Gasteiger partial charge in [-0.05, 0) is 30.7 Å². The van der Waals surface area contributed by atoms with Crippen LogP contribution in [0.5, 0.6) is 0 Å². The molecular weight excluding hydrogens is 280 g/mol. The molecule has 0 saturated heterocycles. The second-order valence-electron chi connectivity index (χ2n) is 4.09. The van der Waals surface area contributed by atoms with Gasteiger partial charge >= 0.3 is 0 Å². The molecule has 1 aromatic rings. The molecule has 7 heteroatoms. The average Bonchev–Trinajstić information content (AvgIpc) is 2.54. The number of nitrogens with two attached hydrogens (primary N) is 1. The van der Waals surface area contributed by atoms with Crippen molar-refractivity contribution in [2.45, 2.75) is 25.8 Å². The first-order valence-corrected chi connectivity index (χ1v) is 8.54. The van der Waals surface area contributed by atoms with Crippen LogP contribution in [0.25, 0.3) is 0 Å². The number of rotatable bonds is 6. The normalized spacial score (nSPS) is 13.9. The molecule has 0 aliphatic carbocycles. The van der Waals surface area contributed by atoms with Gasteiger partial charge in [0.1, 0.15) is 9.84 Å². The molecule has 0 amide bonds. The minimum absolute atomic E-state index is 0.0806. The number of nitrogens with one attached hydrogen (secondary N) is 1. The van der Waals surface area contributed by atoms with Crippen molar-refractivity contribution in [2.24, 2.45) is 5.84 Å². The molecule has 0 saturated carbocycles. The quantitative estimate of drug-likeness (QED) is 0.622. The van der Waals surface area contributed by atoms with Crippen LogP contribution in [-0.4, -0.2) is 20.4 Å². The molecule has 17 heavy (non-hydrogen) atoms. The van der Waals surface area contributed by atoms with Crippen LogP contribution in [0.2, 0.25) is 5.02 Å². The lowest BCUT2D eigenvalue weighted by molar-refractivity contribution is 0.515. The van der Waals surface area contributed by atoms with Gasteiger partial charge < -0.3 is 0 Å². The Kier molecular flexibility index (Phi) is 5.40. The van der Waals surface area contributed by atoms with Crippen molar-refractivity contribution in [2.75, 3.05) is 12.0 Å². The maximum Gasteiger partial charge on any atom is 0.147 e. The van der Waals surface area contributed by atoms with Crippen molar-refractivity contribution in [1.29, 1.82) is 0 Å². The summed E-state index contributed by atoms with van der Waals surface area (Å²) in [5.41, 5.74) is 3.71. The molecule has 0 fully saturated rings. The standard InChI is InChI=1S/C10H17ClN2O2S2/c1-7-6-16-10(9(7)11)8(13-12)4-3-5-17(2,14)15/h6,8,13H,3-5,12H2,1-2H3. The van der Waals surface area contributed by atoms with E-state index >= 15 is 0 Å². The molecule has 0 aromatic carbocycles. The van der Waals surface area contributed by atoms with Crippen LogP contribution in [-0.2, 0) is 9.84 Å². The Bertz CT molecular complexity index is 471. The summed E-state index contributed by atoms with van der Waals surface area (Å²) >= 11 is 7.69. The van der Waals surface area contributed by atoms with E-state index in [0.29, 0.717) is 12.8 Å². The molecule has 0 radical (unpaired) electrons. The van der Waals surface area contributed by atoms with Gasteiger partial charge in [0.15, 0.2) is 0 Å². The lowest BCUT2D eigenvalue weighted by Gasteiger charge is -2.14. The molecule has 1 aromatic heterocycles. The van der Waals surface area contributed by atoms with Crippen molar-refractivity contribution in [3.63, 3.8) is 0 Å². The van der Waals surface area contributed by atoms with Crippen LogP contribution < -0.4 is 11.3 Å². The lowest BCUT2D eigenvalue weighted by atomic mass is 10.1. The van der Waals surface area contributed by atoms with E-state index in [9.17, 15) is 8.42 Å². The van der Waals surface area contributed by atoms with Crippen LogP contribution in [0.1, 0.15) is 29.3 Å². The second kappa shape index (κ2) is 6.15. The first kappa shape index (κ1) is 14.9. The Balaban J connectivity index is 2.64. The zero-order chi connectivity index (χ0) is 13.1. The van der Waals surface area contributed by atoms with Crippen molar-refractivity contribution in [3.05, 3.63) is 20.8 Å². The first-order chi connectivity index (χ1) is 7.85. The summed E-state index contributed by atoms with van der Waals surface area (Å²) in [7, 11) is -2.91. The molecule has 0 aliphatic heterocycles. The minimum Gasteiger partial charge on any atom is -0.271 e. The number of thiophene rings is 1. The lowest BCUT2D eigenvalue weighted by Crippen LogP contribution is -2.28. The van der Waals surface area contributed by atoms with Gasteiger partial charge in [-0.2, -0.15) is 0 Å². The van der Waals surface area contributed by atoms with Crippen LogP contribution in [0.4, 0.5) is 0 Å². The van der Waals surface area contributed by atoms with Crippen molar-refractivity contribution < 1.29 is 8.42 Å². The Morgan fingerprint density at radius 1 is 1.59 bits per heavy atom. The first-order valence-electron chi connectivity index (χ1n) is 5.22. The van der Waals surface area contributed by atoms with Crippen LogP contribution in [0.3, 0.4) is 0 Å². The predicted octanol–water partition coefficient (Wildman–Crippen LogP) is 2.04. The van der Waals surface area contributed by atoms with E-state index in [1.165, 1.54) is 6.26 Å². The minimum atomic E-state index is -2.91. The van der Waals surface area contributed by atoms with Crippen LogP contribution in [0.15, 0.2) is 5.38 Å². The van der Waals surface area contributed by atoms with Crippen molar-refractivity contribution in [3.8, 4) is 0 Å². The van der Waals surface area contributed by atoms with E-state index in [4.69, 9.17) is 17.4 Å². The third-order valence-electron chi connectivity index (χ3n) is 2.45. The number of aryl methyl sites for hydroxylation is 1. The summed E-state index contributed by atoms with van der Waals surface area (Å²) < 4.78 is 22.1. The highest BCUT2D eigenvalue weighted by atomic mass is 35.5. The Morgan fingerprint density at radius 3 is 2.65 bits per heavy atom. The molecule has 0 aliphatic rings. The summed E-state index contributed by atoms with van der Waals surface area (Å²) in [4.78, 5) is 0.972. The second-order valence-corrected chi connectivity index (χ2v) is 7.64. The number of sulfone groups is 1. The fourth-order valence-corrected chi connectivity index (χ4v) is 3.64. The van der Waals surface area contributed by atoms with E-state index < -0.39 is 9.84 Å². The number of hydrogen-bond donors (Lipinski definition) is 2. The third-order valence-corrected chi connectivity index (χ3v) is 5.31. The predicted molar refractivity (Wildman–Crippen MR) is 73.1 cm³/mol. The van der Waals surface area contributed by atoms with E-state index in [2.05, 4.69) is 5.43 Å². The van der Waals surface area contributed by atoms with E-state index in [-0.39, 0.29) is 11.8 Å². The maximum atomic E-state index is 11.0. The highest BCUT2D eigenvalue weighted by molar-refractivity contribution is 7.90.